The van der Waals surface area contributed by atoms with Crippen molar-refractivity contribution in [3.05, 3.63) is 49.1 Å². The molecule has 11 heteroatoms. The summed E-state index contributed by atoms with van der Waals surface area (Å²) >= 11 is 0. The summed E-state index contributed by atoms with van der Waals surface area (Å²) < 4.78 is 25.9. The predicted molar refractivity (Wildman–Crippen MR) is 172 cm³/mol. The number of ether oxygens (including phenoxy) is 3. The van der Waals surface area contributed by atoms with Gasteiger partial charge in [-0.1, -0.05) is 30.8 Å². The molecule has 1 aromatic carbocycles. The molecule has 2 N–H and O–H groups in total. The third-order valence-corrected chi connectivity index (χ3v) is 7.80. The van der Waals surface area contributed by atoms with Crippen molar-refractivity contribution in [1.29, 1.82) is 0 Å². The van der Waals surface area contributed by atoms with E-state index >= 15 is 0 Å². The number of carbonyl (C=O) groups is 1. The summed E-state index contributed by atoms with van der Waals surface area (Å²) in [7, 11) is 6.24. The van der Waals surface area contributed by atoms with Crippen LogP contribution in [0.4, 0.5) is 0 Å². The molecule has 10 nitrogen and oxygen atoms in total. The van der Waals surface area contributed by atoms with E-state index in [1.807, 2.05) is 23.2 Å². The molecule has 3 aliphatic rings. The van der Waals surface area contributed by atoms with Crippen LogP contribution in [0, 0.1) is 0 Å². The second-order valence-corrected chi connectivity index (χ2v) is 11.7. The van der Waals surface area contributed by atoms with E-state index < -0.39 is 0 Å². The Hall–Kier alpha value is -2.70. The van der Waals surface area contributed by atoms with E-state index in [1.165, 1.54) is 25.5 Å². The zero-order valence-corrected chi connectivity index (χ0v) is 27.5. The number of nitrogens with zero attached hydrogens (tertiary/aromatic N) is 2. The Kier molecular flexibility index (Phi) is 15.4. The molecule has 1 atom stereocenters. The molecule has 1 unspecified atom stereocenters. The third kappa shape index (κ3) is 10.8. The number of rotatable bonds is 6. The second kappa shape index (κ2) is 18.2. The van der Waals surface area contributed by atoms with Gasteiger partial charge < -0.3 is 38.7 Å². The fourth-order valence-electron chi connectivity index (χ4n) is 4.74. The van der Waals surface area contributed by atoms with Crippen molar-refractivity contribution in [2.75, 3.05) is 54.7 Å². The largest absolute Gasteiger partial charge is 0.505 e. The van der Waals surface area contributed by atoms with Crippen LogP contribution in [-0.4, -0.2) is 93.8 Å². The normalized spacial score (nSPS) is 20.0. The first-order chi connectivity index (χ1) is 20.5. The fourth-order valence-corrected chi connectivity index (χ4v) is 4.74. The van der Waals surface area contributed by atoms with Gasteiger partial charge in [-0.3, -0.25) is 4.79 Å². The third-order valence-electron chi connectivity index (χ3n) is 7.80. The number of aromatic amines is 1. The number of H-pyrrole nitrogens is 1. The molecule has 0 saturated carbocycles. The van der Waals surface area contributed by atoms with E-state index in [0.29, 0.717) is 6.54 Å². The lowest BCUT2D eigenvalue weighted by molar-refractivity contribution is -0.131. The van der Waals surface area contributed by atoms with Gasteiger partial charge in [-0.15, -0.1) is 0 Å². The number of benzene rings is 1. The molecular weight excluding hydrogens is 547 g/mol. The van der Waals surface area contributed by atoms with Crippen molar-refractivity contribution >= 4 is 18.5 Å². The number of amides is 1. The highest BCUT2D eigenvalue weighted by molar-refractivity contribution is 6.62. The van der Waals surface area contributed by atoms with Gasteiger partial charge in [-0.25, -0.2) is 4.98 Å². The van der Waals surface area contributed by atoms with Gasteiger partial charge in [0.05, 0.1) is 49.1 Å². The SMILES string of the molecule is C1CCOCC1.C=COC.CNCC(=O)N1CCCC1c1ncc(-c2ccc(B3OC(C)(C)C(C)(C)O3)cc2)[nH]1.COC. The molecule has 3 fully saturated rings. The van der Waals surface area contributed by atoms with Crippen molar-refractivity contribution in [3.8, 4) is 11.3 Å². The molecule has 1 amide bonds. The molecule has 1 aromatic heterocycles. The summed E-state index contributed by atoms with van der Waals surface area (Å²) in [5.41, 5.74) is 2.27. The number of nitrogens with one attached hydrogen (secondary N) is 2. The topological polar surface area (TPSA) is 107 Å². The quantitative estimate of drug-likeness (QED) is 0.369. The van der Waals surface area contributed by atoms with E-state index in [1.54, 1.807) is 28.4 Å². The van der Waals surface area contributed by atoms with Crippen LogP contribution in [-0.2, 0) is 28.3 Å². The maximum atomic E-state index is 12.4. The monoisotopic (exact) mass is 600 g/mol. The van der Waals surface area contributed by atoms with Crippen LogP contribution in [0.1, 0.15) is 71.7 Å². The van der Waals surface area contributed by atoms with Crippen LogP contribution in [0.3, 0.4) is 0 Å². The minimum atomic E-state index is -0.369. The molecular formula is C32H53BN4O6. The average molecular weight is 601 g/mol. The average Bonchev–Trinajstić information content (AvgIpc) is 3.73. The number of hydrogen-bond donors (Lipinski definition) is 2. The Morgan fingerprint density at radius 3 is 2.14 bits per heavy atom. The summed E-state index contributed by atoms with van der Waals surface area (Å²) in [5.74, 6) is 0.965. The fraction of sp³-hybridized carbons (Fsp3) is 0.625. The molecule has 43 heavy (non-hydrogen) atoms. The highest BCUT2D eigenvalue weighted by Crippen LogP contribution is 2.36. The molecule has 0 bridgehead atoms. The summed E-state index contributed by atoms with van der Waals surface area (Å²) in [6.45, 7) is 14.6. The first-order valence-corrected chi connectivity index (χ1v) is 15.1. The highest BCUT2D eigenvalue weighted by Gasteiger charge is 2.51. The lowest BCUT2D eigenvalue weighted by Gasteiger charge is -2.32. The van der Waals surface area contributed by atoms with Gasteiger partial charge in [0.15, 0.2) is 0 Å². The van der Waals surface area contributed by atoms with Crippen LogP contribution in [0.2, 0.25) is 0 Å². The Bertz CT molecular complexity index is 1060. The first kappa shape index (κ1) is 36.5. The van der Waals surface area contributed by atoms with Crippen molar-refractivity contribution in [2.45, 2.75) is 77.0 Å². The molecule has 4 heterocycles. The van der Waals surface area contributed by atoms with Crippen molar-refractivity contribution in [2.24, 2.45) is 0 Å². The number of aromatic nitrogens is 2. The highest BCUT2D eigenvalue weighted by atomic mass is 16.7. The number of hydrogen-bond acceptors (Lipinski definition) is 8. The number of imidazole rings is 1. The van der Waals surface area contributed by atoms with Crippen LogP contribution in [0.25, 0.3) is 11.3 Å². The molecule has 5 rings (SSSR count). The van der Waals surface area contributed by atoms with Gasteiger partial charge in [-0.05, 0) is 77.9 Å². The first-order valence-electron chi connectivity index (χ1n) is 15.1. The van der Waals surface area contributed by atoms with E-state index in [4.69, 9.17) is 14.0 Å². The van der Waals surface area contributed by atoms with Gasteiger partial charge in [-0.2, -0.15) is 0 Å². The maximum Gasteiger partial charge on any atom is 0.494 e. The zero-order valence-electron chi connectivity index (χ0n) is 27.5. The lowest BCUT2D eigenvalue weighted by atomic mass is 9.79. The zero-order chi connectivity index (χ0) is 31.9. The van der Waals surface area contributed by atoms with Crippen LogP contribution < -0.4 is 10.8 Å². The molecule has 2 aromatic rings. The van der Waals surface area contributed by atoms with Gasteiger partial charge in [0.1, 0.15) is 5.82 Å². The summed E-state index contributed by atoms with van der Waals surface area (Å²) in [4.78, 5) is 22.3. The number of likely N-dealkylation sites (tertiary alicyclic amines) is 1. The maximum absolute atomic E-state index is 12.4. The number of likely N-dealkylation sites (N-methyl/N-ethyl adjacent to an activating group) is 1. The summed E-state index contributed by atoms with van der Waals surface area (Å²) in [6.07, 6.45) is 9.08. The number of methoxy groups -OCH3 is 2. The van der Waals surface area contributed by atoms with Crippen molar-refractivity contribution in [3.63, 3.8) is 0 Å². The van der Waals surface area contributed by atoms with E-state index in [-0.39, 0.29) is 30.3 Å². The van der Waals surface area contributed by atoms with Crippen molar-refractivity contribution < 1.29 is 28.3 Å². The second-order valence-electron chi connectivity index (χ2n) is 11.7. The van der Waals surface area contributed by atoms with Crippen molar-refractivity contribution in [1.82, 2.24) is 20.2 Å². The Morgan fingerprint density at radius 2 is 1.67 bits per heavy atom. The van der Waals surface area contributed by atoms with Gasteiger partial charge >= 0.3 is 7.12 Å². The smallest absolute Gasteiger partial charge is 0.494 e. The summed E-state index contributed by atoms with van der Waals surface area (Å²) in [6, 6.07) is 8.20. The molecule has 240 valence electrons. The van der Waals surface area contributed by atoms with Gasteiger partial charge in [0, 0.05) is 34.0 Å². The van der Waals surface area contributed by atoms with Crippen LogP contribution >= 0.6 is 0 Å². The molecule has 0 radical (unpaired) electrons. The van der Waals surface area contributed by atoms with E-state index in [0.717, 1.165) is 55.1 Å². The lowest BCUT2D eigenvalue weighted by Crippen LogP contribution is -2.41. The molecule has 3 saturated heterocycles. The Morgan fingerprint density at radius 1 is 1.09 bits per heavy atom. The van der Waals surface area contributed by atoms with Gasteiger partial charge in [0.25, 0.3) is 0 Å². The van der Waals surface area contributed by atoms with E-state index in [9.17, 15) is 4.79 Å². The van der Waals surface area contributed by atoms with Crippen LogP contribution in [0.5, 0.6) is 0 Å². The summed E-state index contributed by atoms with van der Waals surface area (Å²) in [5, 5.41) is 2.94. The number of carbonyl (C=O) groups excluding carboxylic acids is 1. The standard InChI is InChI=1S/C22H31BN4O3.C5H10O.C3H6O.C2H6O/c1-21(2)22(3,4)30-23(29-21)16-10-8-15(9-11-16)17-13-25-20(26-17)18-7-6-12-27(18)19(28)14-24-5;1-2-4-6-5-3-1;1-3-4-2;1-3-2/h8-11,13,18,24H,6-7,12,14H2,1-5H3,(H,25,26);1-5H2;3H,1H2,2H3;1-2H3. The van der Waals surface area contributed by atoms with E-state index in [2.05, 4.69) is 71.2 Å². The molecule has 3 aliphatic heterocycles. The molecule has 0 spiro atoms. The van der Waals surface area contributed by atoms with Crippen LogP contribution in [0.15, 0.2) is 43.3 Å². The Labute approximate surface area is 259 Å². The van der Waals surface area contributed by atoms with Gasteiger partial charge in [0.2, 0.25) is 5.91 Å². The molecule has 0 aliphatic carbocycles. The Balaban J connectivity index is 0.000000415. The minimum absolute atomic E-state index is 0.0172. The predicted octanol–water partition coefficient (Wildman–Crippen LogP) is 4.48. The minimum Gasteiger partial charge on any atom is -0.505 e.